The minimum absolute atomic E-state index is 0.181. The van der Waals surface area contributed by atoms with Crippen LogP contribution in [0.3, 0.4) is 0 Å². The first-order chi connectivity index (χ1) is 15.8. The number of hydrogen-bond acceptors (Lipinski definition) is 6. The number of carbonyl (C=O) groups excluding carboxylic acids is 2. The molecule has 4 rings (SSSR count). The Hall–Kier alpha value is -4.07. The van der Waals surface area contributed by atoms with Crippen LogP contribution in [0, 0.1) is 0 Å². The van der Waals surface area contributed by atoms with E-state index in [2.05, 4.69) is 10.4 Å². The molecule has 1 aliphatic heterocycles. The van der Waals surface area contributed by atoms with Gasteiger partial charge < -0.3 is 19.5 Å². The number of hydrogen-bond donors (Lipinski definition) is 1. The summed E-state index contributed by atoms with van der Waals surface area (Å²) in [6, 6.07) is 16.6. The van der Waals surface area contributed by atoms with Crippen LogP contribution in [0.1, 0.15) is 32.0 Å². The van der Waals surface area contributed by atoms with Gasteiger partial charge in [0.25, 0.3) is 5.91 Å². The largest absolute Gasteiger partial charge is 0.454 e. The van der Waals surface area contributed by atoms with Crippen molar-refractivity contribution in [3.63, 3.8) is 0 Å². The van der Waals surface area contributed by atoms with Gasteiger partial charge >= 0.3 is 5.97 Å². The number of nitrogens with one attached hydrogen (secondary N) is 1. The number of amides is 1. The van der Waals surface area contributed by atoms with E-state index < -0.39 is 18.5 Å². The molecule has 8 nitrogen and oxygen atoms in total. The average Bonchev–Trinajstić information content (AvgIpc) is 3.43. The van der Waals surface area contributed by atoms with Crippen LogP contribution in [0.25, 0.3) is 11.8 Å². The molecule has 2 heterocycles. The third-order valence-electron chi connectivity index (χ3n) is 4.90. The Morgan fingerprint density at radius 1 is 1.09 bits per heavy atom. The summed E-state index contributed by atoms with van der Waals surface area (Å²) in [5, 5.41) is 7.44. The molecule has 170 valence electrons. The fourth-order valence-corrected chi connectivity index (χ4v) is 3.15. The van der Waals surface area contributed by atoms with Crippen LogP contribution in [0.5, 0.6) is 11.5 Å². The minimum Gasteiger partial charge on any atom is -0.454 e. The second-order valence-electron chi connectivity index (χ2n) is 8.51. The molecular formula is C25H25N3O5. The molecule has 0 aliphatic carbocycles. The SMILES string of the molecule is CC(C)(C)c1cc(NC(=O)COC(=O)C=Cc2ccc3c(c2)OCO3)n(-c2ccccc2)n1. The lowest BCUT2D eigenvalue weighted by Crippen LogP contribution is -2.21. The zero-order chi connectivity index (χ0) is 23.4. The number of benzene rings is 2. The molecule has 0 fully saturated rings. The van der Waals surface area contributed by atoms with Crippen molar-refractivity contribution in [2.45, 2.75) is 26.2 Å². The molecule has 1 amide bonds. The van der Waals surface area contributed by atoms with E-state index in [1.54, 1.807) is 29.0 Å². The second-order valence-corrected chi connectivity index (χ2v) is 8.51. The van der Waals surface area contributed by atoms with Gasteiger partial charge in [-0.1, -0.05) is 45.0 Å². The third-order valence-corrected chi connectivity index (χ3v) is 4.90. The van der Waals surface area contributed by atoms with E-state index in [1.165, 1.54) is 6.08 Å². The Bertz CT molecular complexity index is 1190. The van der Waals surface area contributed by atoms with E-state index in [-0.39, 0.29) is 12.2 Å². The Morgan fingerprint density at radius 3 is 2.61 bits per heavy atom. The molecule has 0 spiro atoms. The number of rotatable bonds is 6. The van der Waals surface area contributed by atoms with Crippen molar-refractivity contribution < 1.29 is 23.8 Å². The summed E-state index contributed by atoms with van der Waals surface area (Å²) in [4.78, 5) is 24.5. The topological polar surface area (TPSA) is 91.7 Å². The van der Waals surface area contributed by atoms with Gasteiger partial charge in [0.15, 0.2) is 18.1 Å². The van der Waals surface area contributed by atoms with Crippen LogP contribution in [0.4, 0.5) is 5.82 Å². The van der Waals surface area contributed by atoms with E-state index in [9.17, 15) is 9.59 Å². The normalized spacial score (nSPS) is 12.7. The molecule has 0 saturated carbocycles. The van der Waals surface area contributed by atoms with E-state index >= 15 is 0 Å². The predicted octanol–water partition coefficient (Wildman–Crippen LogP) is 4.09. The highest BCUT2D eigenvalue weighted by molar-refractivity contribution is 5.94. The molecule has 0 atom stereocenters. The van der Waals surface area contributed by atoms with Crippen molar-refractivity contribution in [1.82, 2.24) is 9.78 Å². The maximum atomic E-state index is 12.5. The quantitative estimate of drug-likeness (QED) is 0.452. The van der Waals surface area contributed by atoms with E-state index in [0.717, 1.165) is 16.9 Å². The summed E-state index contributed by atoms with van der Waals surface area (Å²) in [5.41, 5.74) is 2.19. The van der Waals surface area contributed by atoms with E-state index in [4.69, 9.17) is 14.2 Å². The summed E-state index contributed by atoms with van der Waals surface area (Å²) < 4.78 is 17.3. The highest BCUT2D eigenvalue weighted by Crippen LogP contribution is 2.32. The number of ether oxygens (including phenoxy) is 3. The Kier molecular flexibility index (Phi) is 6.17. The van der Waals surface area contributed by atoms with Gasteiger partial charge in [0.05, 0.1) is 11.4 Å². The van der Waals surface area contributed by atoms with Crippen molar-refractivity contribution >= 4 is 23.8 Å². The van der Waals surface area contributed by atoms with Gasteiger partial charge in [0.1, 0.15) is 5.82 Å². The van der Waals surface area contributed by atoms with Gasteiger partial charge in [0.2, 0.25) is 6.79 Å². The highest BCUT2D eigenvalue weighted by atomic mass is 16.7. The number of anilines is 1. The number of carbonyl (C=O) groups is 2. The van der Waals surface area contributed by atoms with Gasteiger partial charge in [-0.3, -0.25) is 4.79 Å². The molecule has 33 heavy (non-hydrogen) atoms. The summed E-state index contributed by atoms with van der Waals surface area (Å²) >= 11 is 0. The first-order valence-electron chi connectivity index (χ1n) is 10.5. The number of nitrogens with zero attached hydrogens (tertiary/aromatic N) is 2. The number of aromatic nitrogens is 2. The molecule has 1 aliphatic rings. The zero-order valence-electron chi connectivity index (χ0n) is 18.7. The number of esters is 1. The Morgan fingerprint density at radius 2 is 1.85 bits per heavy atom. The maximum absolute atomic E-state index is 12.5. The molecular weight excluding hydrogens is 422 g/mol. The zero-order valence-corrected chi connectivity index (χ0v) is 18.7. The van der Waals surface area contributed by atoms with Gasteiger partial charge in [-0.15, -0.1) is 0 Å². The lowest BCUT2D eigenvalue weighted by atomic mass is 9.92. The molecule has 1 N–H and O–H groups in total. The van der Waals surface area contributed by atoms with E-state index in [0.29, 0.717) is 17.3 Å². The van der Waals surface area contributed by atoms with Crippen LogP contribution in [-0.4, -0.2) is 35.1 Å². The van der Waals surface area contributed by atoms with Crippen LogP contribution in [0.2, 0.25) is 0 Å². The second kappa shape index (κ2) is 9.20. The molecule has 2 aromatic carbocycles. The predicted molar refractivity (Wildman–Crippen MR) is 123 cm³/mol. The minimum atomic E-state index is -0.630. The fourth-order valence-electron chi connectivity index (χ4n) is 3.15. The summed E-state index contributed by atoms with van der Waals surface area (Å²) in [6.07, 6.45) is 2.85. The highest BCUT2D eigenvalue weighted by Gasteiger charge is 2.21. The molecule has 3 aromatic rings. The van der Waals surface area contributed by atoms with Crippen molar-refractivity contribution in [1.29, 1.82) is 0 Å². The molecule has 0 radical (unpaired) electrons. The van der Waals surface area contributed by atoms with Crippen molar-refractivity contribution in [2.75, 3.05) is 18.7 Å². The van der Waals surface area contributed by atoms with Crippen LogP contribution >= 0.6 is 0 Å². The summed E-state index contributed by atoms with van der Waals surface area (Å²) in [7, 11) is 0. The maximum Gasteiger partial charge on any atom is 0.331 e. The number of fused-ring (bicyclic) bond motifs is 1. The van der Waals surface area contributed by atoms with Crippen LogP contribution in [-0.2, 0) is 19.7 Å². The summed E-state index contributed by atoms with van der Waals surface area (Å²) in [6.45, 7) is 5.90. The molecule has 0 bridgehead atoms. The first-order valence-corrected chi connectivity index (χ1v) is 10.5. The lowest BCUT2D eigenvalue weighted by molar-refractivity contribution is -0.142. The standard InChI is InChI=1S/C25H25N3O5/c1-25(2,3)21-14-22(28(27-21)18-7-5-4-6-8-18)26-23(29)15-31-24(30)12-10-17-9-11-19-20(13-17)33-16-32-19/h4-14H,15-16H2,1-3H3,(H,26,29). The summed E-state index contributed by atoms with van der Waals surface area (Å²) in [5.74, 6) is 0.695. The molecule has 0 unspecified atom stereocenters. The van der Waals surface area contributed by atoms with E-state index in [1.807, 2.05) is 57.2 Å². The molecule has 1 aromatic heterocycles. The van der Waals surface area contributed by atoms with Gasteiger partial charge in [-0.05, 0) is 35.9 Å². The smallest absolute Gasteiger partial charge is 0.331 e. The molecule has 0 saturated heterocycles. The first kappa shape index (κ1) is 22.1. The van der Waals surface area contributed by atoms with Crippen LogP contribution in [0.15, 0.2) is 60.7 Å². The lowest BCUT2D eigenvalue weighted by Gasteiger charge is -2.14. The van der Waals surface area contributed by atoms with Gasteiger partial charge in [0, 0.05) is 17.6 Å². The fraction of sp³-hybridized carbons (Fsp3) is 0.240. The van der Waals surface area contributed by atoms with Crippen molar-refractivity contribution in [3.8, 4) is 17.2 Å². The van der Waals surface area contributed by atoms with Crippen molar-refractivity contribution in [3.05, 3.63) is 71.9 Å². The van der Waals surface area contributed by atoms with Gasteiger partial charge in [-0.2, -0.15) is 5.10 Å². The third kappa shape index (κ3) is 5.41. The monoisotopic (exact) mass is 447 g/mol. The van der Waals surface area contributed by atoms with Crippen molar-refractivity contribution in [2.24, 2.45) is 0 Å². The van der Waals surface area contributed by atoms with Crippen LogP contribution < -0.4 is 14.8 Å². The average molecular weight is 447 g/mol. The molecule has 8 heteroatoms. The van der Waals surface area contributed by atoms with Gasteiger partial charge in [-0.25, -0.2) is 9.48 Å². The Balaban J connectivity index is 1.38. The number of para-hydroxylation sites is 1. The Labute approximate surface area is 191 Å².